The lowest BCUT2D eigenvalue weighted by Crippen LogP contribution is -2.26. The fourth-order valence-corrected chi connectivity index (χ4v) is 2.06. The van der Waals surface area contributed by atoms with Crippen LogP contribution in [0.25, 0.3) is 0 Å². The Hall–Kier alpha value is -1.42. The highest BCUT2D eigenvalue weighted by atomic mass is 35.5. The molecule has 1 aromatic rings. The second kappa shape index (κ2) is 5.07. The molecule has 84 valence electrons. The summed E-state index contributed by atoms with van der Waals surface area (Å²) in [6, 6.07) is 3.70. The second-order valence-electron chi connectivity index (χ2n) is 3.73. The monoisotopic (exact) mass is 237 g/mol. The van der Waals surface area contributed by atoms with Gasteiger partial charge in [-0.15, -0.1) is 4.91 Å². The van der Waals surface area contributed by atoms with E-state index in [4.69, 9.17) is 11.6 Å². The molecule has 0 bridgehead atoms. The number of allylic oxidation sites excluding steroid dienone is 1. The van der Waals surface area contributed by atoms with Crippen LogP contribution in [0.5, 0.6) is 0 Å². The molecule has 1 fully saturated rings. The van der Waals surface area contributed by atoms with Gasteiger partial charge in [-0.3, -0.25) is 0 Å². The summed E-state index contributed by atoms with van der Waals surface area (Å²) in [4.78, 5) is 14.4. The maximum Gasteiger partial charge on any atom is 0.129 e. The Morgan fingerprint density at radius 1 is 1.56 bits per heavy atom. The first kappa shape index (κ1) is 11.1. The number of halogens is 1. The average molecular weight is 238 g/mol. The molecule has 0 aromatic carbocycles. The molecule has 0 radical (unpaired) electrons. The van der Waals surface area contributed by atoms with Crippen molar-refractivity contribution in [1.82, 2.24) is 10.3 Å². The van der Waals surface area contributed by atoms with Crippen LogP contribution >= 0.6 is 11.6 Å². The van der Waals surface area contributed by atoms with Gasteiger partial charge in [0.15, 0.2) is 0 Å². The van der Waals surface area contributed by atoms with E-state index in [-0.39, 0.29) is 5.92 Å². The Labute approximate surface area is 98.7 Å². The smallest absolute Gasteiger partial charge is 0.129 e. The fourth-order valence-electron chi connectivity index (χ4n) is 1.95. The highest BCUT2D eigenvalue weighted by Crippen LogP contribution is 2.30. The number of nitrogens with one attached hydrogen (secondary N) is 1. The van der Waals surface area contributed by atoms with Gasteiger partial charge in [-0.25, -0.2) is 4.98 Å². The molecule has 2 heterocycles. The molecule has 1 unspecified atom stereocenters. The van der Waals surface area contributed by atoms with Crippen molar-refractivity contribution in [2.45, 2.75) is 18.8 Å². The molecule has 0 aliphatic carbocycles. The highest BCUT2D eigenvalue weighted by molar-refractivity contribution is 6.29. The number of hydrogen-bond donors (Lipinski definition) is 1. The van der Waals surface area contributed by atoms with Crippen molar-refractivity contribution >= 4 is 11.6 Å². The van der Waals surface area contributed by atoms with Crippen molar-refractivity contribution in [1.29, 1.82) is 0 Å². The van der Waals surface area contributed by atoms with Gasteiger partial charge in [-0.2, -0.15) is 0 Å². The van der Waals surface area contributed by atoms with E-state index in [1.54, 1.807) is 12.3 Å². The van der Waals surface area contributed by atoms with E-state index in [1.807, 2.05) is 6.07 Å². The molecule has 1 aliphatic heterocycles. The fraction of sp³-hybridized carbons (Fsp3) is 0.364. The summed E-state index contributed by atoms with van der Waals surface area (Å²) in [7, 11) is 0. The first-order chi connectivity index (χ1) is 7.81. The third-order valence-corrected chi connectivity index (χ3v) is 2.94. The quantitative estimate of drug-likeness (QED) is 0.636. The predicted molar refractivity (Wildman–Crippen MR) is 63.1 cm³/mol. The van der Waals surface area contributed by atoms with Gasteiger partial charge in [-0.05, 0) is 29.6 Å². The molecule has 2 rings (SSSR count). The summed E-state index contributed by atoms with van der Waals surface area (Å²) in [6.07, 6.45) is 5.16. The van der Waals surface area contributed by atoms with E-state index in [9.17, 15) is 4.91 Å². The summed E-state index contributed by atoms with van der Waals surface area (Å²) in [6.45, 7) is 0.888. The van der Waals surface area contributed by atoms with Gasteiger partial charge in [0.25, 0.3) is 0 Å². The summed E-state index contributed by atoms with van der Waals surface area (Å²) < 4.78 is 0. The molecule has 1 saturated heterocycles. The zero-order valence-corrected chi connectivity index (χ0v) is 9.44. The summed E-state index contributed by atoms with van der Waals surface area (Å²) in [5, 5.41) is 6.50. The molecule has 0 saturated carbocycles. The lowest BCUT2D eigenvalue weighted by molar-refractivity contribution is 0.527. The molecule has 16 heavy (non-hydrogen) atoms. The Bertz CT molecular complexity index is 402. The standard InChI is InChI=1S/C11H12ClN3O/c12-11-4-3-8(6-14-11)9-2-1-5-13-10(9)7-15-16/h3-4,6-7,9,13H,1-2,5H2/b10-7-. The van der Waals surface area contributed by atoms with Crippen LogP contribution in [0, 0.1) is 4.91 Å². The van der Waals surface area contributed by atoms with Crippen LogP contribution in [-0.4, -0.2) is 11.5 Å². The van der Waals surface area contributed by atoms with Gasteiger partial charge in [0.2, 0.25) is 0 Å². The molecule has 1 aliphatic rings. The van der Waals surface area contributed by atoms with Gasteiger partial charge in [0, 0.05) is 24.4 Å². The van der Waals surface area contributed by atoms with Crippen LogP contribution in [0.2, 0.25) is 5.15 Å². The Morgan fingerprint density at radius 2 is 2.44 bits per heavy atom. The number of pyridine rings is 1. The largest absolute Gasteiger partial charge is 0.387 e. The number of nitroso groups, excluding NO2 is 1. The Kier molecular flexibility index (Phi) is 3.51. The molecule has 1 atom stereocenters. The molecular formula is C11H12ClN3O. The molecule has 5 heteroatoms. The first-order valence-corrected chi connectivity index (χ1v) is 5.57. The number of aromatic nitrogens is 1. The van der Waals surface area contributed by atoms with Gasteiger partial charge in [0.1, 0.15) is 5.15 Å². The lowest BCUT2D eigenvalue weighted by atomic mass is 9.90. The lowest BCUT2D eigenvalue weighted by Gasteiger charge is -2.26. The molecular weight excluding hydrogens is 226 g/mol. The Balaban J connectivity index is 2.26. The van der Waals surface area contributed by atoms with E-state index in [1.165, 1.54) is 6.20 Å². The van der Waals surface area contributed by atoms with E-state index in [0.717, 1.165) is 30.6 Å². The molecule has 0 spiro atoms. The van der Waals surface area contributed by atoms with Crippen molar-refractivity contribution < 1.29 is 0 Å². The third kappa shape index (κ3) is 2.39. The van der Waals surface area contributed by atoms with Crippen LogP contribution in [0.15, 0.2) is 35.4 Å². The van der Waals surface area contributed by atoms with Crippen molar-refractivity contribution in [3.8, 4) is 0 Å². The minimum Gasteiger partial charge on any atom is -0.387 e. The van der Waals surface area contributed by atoms with Crippen LogP contribution in [0.3, 0.4) is 0 Å². The van der Waals surface area contributed by atoms with Crippen molar-refractivity contribution in [2.75, 3.05) is 6.54 Å². The maximum atomic E-state index is 10.3. The third-order valence-electron chi connectivity index (χ3n) is 2.72. The zero-order valence-electron chi connectivity index (χ0n) is 8.69. The van der Waals surface area contributed by atoms with E-state index in [2.05, 4.69) is 15.5 Å². The van der Waals surface area contributed by atoms with Gasteiger partial charge >= 0.3 is 0 Å². The Morgan fingerprint density at radius 3 is 3.12 bits per heavy atom. The van der Waals surface area contributed by atoms with Crippen LogP contribution in [-0.2, 0) is 0 Å². The number of piperidine rings is 1. The minimum absolute atomic E-state index is 0.177. The SMILES string of the molecule is O=N/C=C1\NCCCC1c1ccc(Cl)nc1. The first-order valence-electron chi connectivity index (χ1n) is 5.19. The summed E-state index contributed by atoms with van der Waals surface area (Å²) in [5.41, 5.74) is 1.93. The predicted octanol–water partition coefficient (Wildman–Crippen LogP) is 2.81. The molecule has 0 amide bonds. The number of hydrogen-bond acceptors (Lipinski definition) is 4. The highest BCUT2D eigenvalue weighted by Gasteiger charge is 2.20. The van der Waals surface area contributed by atoms with Crippen LogP contribution in [0.1, 0.15) is 24.3 Å². The van der Waals surface area contributed by atoms with Crippen LogP contribution in [0.4, 0.5) is 0 Å². The van der Waals surface area contributed by atoms with Crippen molar-refractivity contribution in [2.24, 2.45) is 5.18 Å². The van der Waals surface area contributed by atoms with Gasteiger partial charge in [0.05, 0.1) is 6.20 Å². The summed E-state index contributed by atoms with van der Waals surface area (Å²) in [5.74, 6) is 0.177. The van der Waals surface area contributed by atoms with Crippen molar-refractivity contribution in [3.05, 3.63) is 45.9 Å². The van der Waals surface area contributed by atoms with E-state index in [0.29, 0.717) is 5.15 Å². The zero-order chi connectivity index (χ0) is 11.4. The second-order valence-corrected chi connectivity index (χ2v) is 4.11. The summed E-state index contributed by atoms with van der Waals surface area (Å²) >= 11 is 5.74. The minimum atomic E-state index is 0.177. The van der Waals surface area contributed by atoms with Crippen LogP contribution < -0.4 is 5.32 Å². The van der Waals surface area contributed by atoms with E-state index >= 15 is 0 Å². The molecule has 1 aromatic heterocycles. The molecule has 1 N–H and O–H groups in total. The number of rotatable bonds is 2. The average Bonchev–Trinajstić information content (AvgIpc) is 2.32. The van der Waals surface area contributed by atoms with Crippen molar-refractivity contribution in [3.63, 3.8) is 0 Å². The van der Waals surface area contributed by atoms with Gasteiger partial charge in [-0.1, -0.05) is 17.7 Å². The number of nitrogens with zero attached hydrogens (tertiary/aromatic N) is 2. The molecule has 4 nitrogen and oxygen atoms in total. The normalized spacial score (nSPS) is 22.8. The van der Waals surface area contributed by atoms with Gasteiger partial charge < -0.3 is 5.32 Å². The van der Waals surface area contributed by atoms with E-state index < -0.39 is 0 Å². The topological polar surface area (TPSA) is 54.4 Å². The maximum absolute atomic E-state index is 10.3.